The number of halogens is 1. The van der Waals surface area contributed by atoms with E-state index in [0.717, 1.165) is 23.7 Å². The van der Waals surface area contributed by atoms with E-state index in [1.165, 1.54) is 7.11 Å². The third kappa shape index (κ3) is 5.08. The molecule has 148 valence electrons. The molecule has 0 fully saturated rings. The number of benzene rings is 1. The van der Waals surface area contributed by atoms with Crippen molar-refractivity contribution in [2.75, 3.05) is 13.8 Å². The van der Waals surface area contributed by atoms with Crippen molar-refractivity contribution in [3.05, 3.63) is 36.0 Å². The lowest BCUT2D eigenvalue weighted by Crippen LogP contribution is -2.49. The Morgan fingerprint density at radius 2 is 1.89 bits per heavy atom. The monoisotopic (exact) mass is 376 g/mol. The third-order valence-electron chi connectivity index (χ3n) is 4.64. The number of hydrogen-bond donors (Lipinski definition) is 1. The van der Waals surface area contributed by atoms with Crippen molar-refractivity contribution in [1.82, 2.24) is 9.88 Å². The zero-order valence-electron chi connectivity index (χ0n) is 16.5. The summed E-state index contributed by atoms with van der Waals surface area (Å²) < 4.78 is 19.2. The number of hydrogen-bond acceptors (Lipinski definition) is 3. The molecule has 0 radical (unpaired) electrons. The first-order valence-corrected chi connectivity index (χ1v) is 9.32. The highest BCUT2D eigenvalue weighted by molar-refractivity contribution is 6.08. The molecule has 2 rings (SSSR count). The number of carbonyl (C=O) groups excluding carboxylic acids is 2. The van der Waals surface area contributed by atoms with Crippen LogP contribution in [0.3, 0.4) is 0 Å². The number of ether oxygens (including phenoxy) is 1. The summed E-state index contributed by atoms with van der Waals surface area (Å²) in [4.78, 5) is 25.1. The van der Waals surface area contributed by atoms with Crippen LogP contribution < -0.4 is 5.32 Å². The molecular weight excluding hydrogens is 347 g/mol. The van der Waals surface area contributed by atoms with E-state index >= 15 is 0 Å². The van der Waals surface area contributed by atoms with Gasteiger partial charge in [-0.3, -0.25) is 9.18 Å². The van der Waals surface area contributed by atoms with Gasteiger partial charge in [-0.15, -0.1) is 0 Å². The number of esters is 1. The standard InChI is InChI=1S/C21H29FN2O3/c1-21(2,3)18(20(26)27-4)23-19(25)16-14-24(13-9-5-8-12-22)17-11-7-6-10-15(16)17/h6-7,10-11,14,18H,5,8-9,12-13H2,1-4H3,(H,23,25)/t18-/m1/s1. The Balaban J connectivity index is 2.28. The van der Waals surface area contributed by atoms with E-state index < -0.39 is 17.4 Å². The number of nitrogens with zero attached hydrogens (tertiary/aromatic N) is 1. The predicted molar refractivity (Wildman–Crippen MR) is 104 cm³/mol. The van der Waals surface area contributed by atoms with Gasteiger partial charge in [0.2, 0.25) is 0 Å². The summed E-state index contributed by atoms with van der Waals surface area (Å²) in [5, 5.41) is 3.66. The first-order chi connectivity index (χ1) is 12.8. The Kier molecular flexibility index (Phi) is 6.99. The minimum absolute atomic E-state index is 0.304. The number of aryl methyl sites for hydroxylation is 1. The maximum atomic E-state index is 12.9. The topological polar surface area (TPSA) is 60.3 Å². The van der Waals surface area contributed by atoms with E-state index in [0.29, 0.717) is 18.5 Å². The molecule has 1 N–H and O–H groups in total. The second-order valence-electron chi connectivity index (χ2n) is 7.80. The summed E-state index contributed by atoms with van der Waals surface area (Å²) in [6, 6.07) is 6.92. The zero-order valence-corrected chi connectivity index (χ0v) is 16.5. The summed E-state index contributed by atoms with van der Waals surface area (Å²) in [5.41, 5.74) is 0.996. The summed E-state index contributed by atoms with van der Waals surface area (Å²) in [7, 11) is 1.32. The van der Waals surface area contributed by atoms with E-state index in [9.17, 15) is 14.0 Å². The van der Waals surface area contributed by atoms with Gasteiger partial charge in [0.15, 0.2) is 0 Å². The van der Waals surface area contributed by atoms with Crippen molar-refractivity contribution in [3.8, 4) is 0 Å². The Morgan fingerprint density at radius 3 is 2.52 bits per heavy atom. The molecule has 0 aliphatic heterocycles. The van der Waals surface area contributed by atoms with Gasteiger partial charge in [0.05, 0.1) is 19.3 Å². The molecule has 2 aromatic rings. The number of carbonyl (C=O) groups is 2. The average Bonchev–Trinajstić information content (AvgIpc) is 3.00. The maximum Gasteiger partial charge on any atom is 0.328 e. The minimum Gasteiger partial charge on any atom is -0.467 e. The Morgan fingerprint density at radius 1 is 1.19 bits per heavy atom. The minimum atomic E-state index is -0.748. The highest BCUT2D eigenvalue weighted by Gasteiger charge is 2.34. The van der Waals surface area contributed by atoms with Gasteiger partial charge in [-0.25, -0.2) is 4.79 Å². The Labute approximate surface area is 159 Å². The fourth-order valence-electron chi connectivity index (χ4n) is 3.12. The van der Waals surface area contributed by atoms with Crippen LogP contribution in [0.4, 0.5) is 4.39 Å². The number of unbranched alkanes of at least 4 members (excludes halogenated alkanes) is 2. The first-order valence-electron chi connectivity index (χ1n) is 9.32. The fourth-order valence-corrected chi connectivity index (χ4v) is 3.12. The number of nitrogens with one attached hydrogen (secondary N) is 1. The molecule has 0 aliphatic rings. The van der Waals surface area contributed by atoms with Crippen LogP contribution in [0.25, 0.3) is 10.9 Å². The van der Waals surface area contributed by atoms with Crippen LogP contribution in [0.15, 0.2) is 30.5 Å². The quantitative estimate of drug-likeness (QED) is 0.557. The van der Waals surface area contributed by atoms with E-state index in [2.05, 4.69) is 5.32 Å². The van der Waals surface area contributed by atoms with Gasteiger partial charge in [0.1, 0.15) is 6.04 Å². The third-order valence-corrected chi connectivity index (χ3v) is 4.64. The number of para-hydroxylation sites is 1. The van der Waals surface area contributed by atoms with Crippen LogP contribution in [-0.4, -0.2) is 36.3 Å². The van der Waals surface area contributed by atoms with Crippen LogP contribution >= 0.6 is 0 Å². The molecule has 0 spiro atoms. The molecule has 0 bridgehead atoms. The average molecular weight is 376 g/mol. The molecule has 6 heteroatoms. The van der Waals surface area contributed by atoms with E-state index in [1.807, 2.05) is 55.8 Å². The zero-order chi connectivity index (χ0) is 20.0. The van der Waals surface area contributed by atoms with Crippen LogP contribution in [-0.2, 0) is 16.1 Å². The van der Waals surface area contributed by atoms with Crippen LogP contribution in [0.2, 0.25) is 0 Å². The highest BCUT2D eigenvalue weighted by Crippen LogP contribution is 2.24. The first kappa shape index (κ1) is 20.9. The molecule has 0 saturated carbocycles. The number of amides is 1. The number of methoxy groups -OCH3 is 1. The summed E-state index contributed by atoms with van der Waals surface area (Å²) >= 11 is 0. The number of aromatic nitrogens is 1. The molecule has 1 aromatic heterocycles. The van der Waals surface area contributed by atoms with Gasteiger partial charge in [0.25, 0.3) is 5.91 Å². The molecule has 1 atom stereocenters. The number of fused-ring (bicyclic) bond motifs is 1. The highest BCUT2D eigenvalue weighted by atomic mass is 19.1. The van der Waals surface area contributed by atoms with Crippen LogP contribution in [0.5, 0.6) is 0 Å². The Bertz CT molecular complexity index is 792. The van der Waals surface area contributed by atoms with Gasteiger partial charge in [0, 0.05) is 23.6 Å². The van der Waals surface area contributed by atoms with Crippen LogP contribution in [0.1, 0.15) is 50.4 Å². The number of alkyl halides is 1. The second kappa shape index (κ2) is 9.02. The van der Waals surface area contributed by atoms with Gasteiger partial charge >= 0.3 is 5.97 Å². The molecule has 0 aliphatic carbocycles. The fraction of sp³-hybridized carbons (Fsp3) is 0.524. The van der Waals surface area contributed by atoms with Crippen molar-refractivity contribution in [3.63, 3.8) is 0 Å². The van der Waals surface area contributed by atoms with Crippen LogP contribution in [0, 0.1) is 5.41 Å². The van der Waals surface area contributed by atoms with E-state index in [-0.39, 0.29) is 12.6 Å². The van der Waals surface area contributed by atoms with Crippen molar-refractivity contribution in [2.45, 2.75) is 52.6 Å². The molecule has 1 amide bonds. The van der Waals surface area contributed by atoms with Crippen molar-refractivity contribution in [1.29, 1.82) is 0 Å². The van der Waals surface area contributed by atoms with Crippen molar-refractivity contribution in [2.24, 2.45) is 5.41 Å². The molecular formula is C21H29FN2O3. The normalized spacial score (nSPS) is 12.8. The van der Waals surface area contributed by atoms with Gasteiger partial charge in [-0.05, 0) is 30.7 Å². The molecule has 27 heavy (non-hydrogen) atoms. The number of rotatable bonds is 8. The summed E-state index contributed by atoms with van der Waals surface area (Å²) in [5.74, 6) is -0.773. The SMILES string of the molecule is COC(=O)[C@@H](NC(=O)c1cn(CCCCCF)c2ccccc12)C(C)(C)C. The lowest BCUT2D eigenvalue weighted by atomic mass is 9.86. The van der Waals surface area contributed by atoms with E-state index in [4.69, 9.17) is 4.74 Å². The maximum absolute atomic E-state index is 12.9. The lowest BCUT2D eigenvalue weighted by Gasteiger charge is -2.28. The van der Waals surface area contributed by atoms with Gasteiger partial charge < -0.3 is 14.6 Å². The second-order valence-corrected chi connectivity index (χ2v) is 7.80. The molecule has 1 heterocycles. The summed E-state index contributed by atoms with van der Waals surface area (Å²) in [6.45, 7) is 6.05. The van der Waals surface area contributed by atoms with Gasteiger partial charge in [-0.2, -0.15) is 0 Å². The molecule has 0 saturated heterocycles. The molecule has 0 unspecified atom stereocenters. The predicted octanol–water partition coefficient (Wildman–Crippen LogP) is 4.10. The smallest absolute Gasteiger partial charge is 0.328 e. The Hall–Kier alpha value is -2.37. The molecule has 5 nitrogen and oxygen atoms in total. The molecule has 1 aromatic carbocycles. The van der Waals surface area contributed by atoms with Crippen molar-refractivity contribution < 1.29 is 18.7 Å². The van der Waals surface area contributed by atoms with E-state index in [1.54, 1.807) is 0 Å². The van der Waals surface area contributed by atoms with Gasteiger partial charge in [-0.1, -0.05) is 39.0 Å². The summed E-state index contributed by atoms with van der Waals surface area (Å²) in [6.07, 6.45) is 4.01. The van der Waals surface area contributed by atoms with Crippen molar-refractivity contribution >= 4 is 22.8 Å². The largest absolute Gasteiger partial charge is 0.467 e. The lowest BCUT2D eigenvalue weighted by molar-refractivity contribution is -0.145.